The van der Waals surface area contributed by atoms with E-state index < -0.39 is 0 Å². The smallest absolute Gasteiger partial charge is 0.409 e. The third-order valence-corrected chi connectivity index (χ3v) is 6.05. The fourth-order valence-corrected chi connectivity index (χ4v) is 3.82. The summed E-state index contributed by atoms with van der Waals surface area (Å²) in [7, 11) is 1.91. The molecule has 3 aromatic heterocycles. The number of ether oxygens (including phenoxy) is 1. The maximum atomic E-state index is 12.4. The molecule has 1 amide bonds. The Balaban J connectivity index is 1.29. The lowest BCUT2D eigenvalue weighted by Crippen LogP contribution is -2.49. The van der Waals surface area contributed by atoms with E-state index in [0.717, 1.165) is 53.9 Å². The Morgan fingerprint density at radius 1 is 1.28 bits per heavy atom. The highest BCUT2D eigenvalue weighted by atomic mass is 16.6. The Labute approximate surface area is 169 Å². The molecule has 0 radical (unpaired) electrons. The van der Waals surface area contributed by atoms with Crippen molar-refractivity contribution < 1.29 is 9.53 Å². The van der Waals surface area contributed by atoms with Gasteiger partial charge in [0.25, 0.3) is 0 Å². The number of aryl methyl sites for hydroxylation is 1. The van der Waals surface area contributed by atoms with Crippen molar-refractivity contribution in [1.82, 2.24) is 24.6 Å². The quantitative estimate of drug-likeness (QED) is 0.736. The van der Waals surface area contributed by atoms with Crippen LogP contribution >= 0.6 is 0 Å². The number of piperazine rings is 1. The minimum absolute atomic E-state index is 0.182. The fourth-order valence-electron chi connectivity index (χ4n) is 3.82. The maximum Gasteiger partial charge on any atom is 0.409 e. The molecular formula is C21H26N6O2. The first-order valence-electron chi connectivity index (χ1n) is 10.1. The normalized spacial score (nSPS) is 18.3. The van der Waals surface area contributed by atoms with Gasteiger partial charge in [-0.25, -0.2) is 9.78 Å². The van der Waals surface area contributed by atoms with Crippen LogP contribution < -0.4 is 4.90 Å². The van der Waals surface area contributed by atoms with E-state index in [1.165, 1.54) is 0 Å². The molecule has 0 atom stereocenters. The van der Waals surface area contributed by atoms with E-state index in [4.69, 9.17) is 4.74 Å². The minimum atomic E-state index is -0.182. The molecule has 1 saturated heterocycles. The van der Waals surface area contributed by atoms with Crippen LogP contribution in [0, 0.1) is 5.41 Å². The Hall–Kier alpha value is -3.03. The zero-order chi connectivity index (χ0) is 20.0. The molecule has 1 aliphatic carbocycles. The first kappa shape index (κ1) is 18.0. The van der Waals surface area contributed by atoms with Crippen LogP contribution in [0.2, 0.25) is 0 Å². The first-order chi connectivity index (χ1) is 14.0. The Bertz CT molecular complexity index is 1040. The average Bonchev–Trinajstić information content (AvgIpc) is 3.12. The fraction of sp³-hybridized carbons (Fsp3) is 0.476. The number of aromatic nitrogens is 4. The molecule has 2 fully saturated rings. The van der Waals surface area contributed by atoms with Gasteiger partial charge >= 0.3 is 6.09 Å². The molecule has 1 aliphatic heterocycles. The molecule has 2 aliphatic rings. The number of hydrogen-bond acceptors (Lipinski definition) is 5. The summed E-state index contributed by atoms with van der Waals surface area (Å²) in [5.74, 6) is 0. The molecular weight excluding hydrogens is 368 g/mol. The highest BCUT2D eigenvalue weighted by Crippen LogP contribution is 2.45. The predicted octanol–water partition coefficient (Wildman–Crippen LogP) is 3.02. The van der Waals surface area contributed by atoms with Gasteiger partial charge in [0.2, 0.25) is 0 Å². The maximum absolute atomic E-state index is 12.4. The number of amides is 1. The number of H-pyrrole nitrogens is 1. The summed E-state index contributed by atoms with van der Waals surface area (Å²) in [5.41, 5.74) is 4.26. The SMILES string of the molecule is Cn1cc(-c2cc3c(N4CCN(C(=O)OCC5(C)CC5)CC4)ccnc3[nH]2)cn1. The van der Waals surface area contributed by atoms with Crippen molar-refractivity contribution in [3.63, 3.8) is 0 Å². The molecule has 3 aromatic rings. The topological polar surface area (TPSA) is 79.3 Å². The van der Waals surface area contributed by atoms with Crippen molar-refractivity contribution in [2.75, 3.05) is 37.7 Å². The lowest BCUT2D eigenvalue weighted by atomic mass is 10.2. The van der Waals surface area contributed by atoms with Crippen LogP contribution in [0.1, 0.15) is 19.8 Å². The summed E-state index contributed by atoms with van der Waals surface area (Å²) in [6.45, 7) is 5.59. The van der Waals surface area contributed by atoms with Crippen molar-refractivity contribution >= 4 is 22.8 Å². The second-order valence-corrected chi connectivity index (χ2v) is 8.52. The van der Waals surface area contributed by atoms with E-state index in [2.05, 4.69) is 33.0 Å². The van der Waals surface area contributed by atoms with Crippen LogP contribution in [0.15, 0.2) is 30.7 Å². The number of fused-ring (bicyclic) bond motifs is 1. The van der Waals surface area contributed by atoms with E-state index in [0.29, 0.717) is 19.7 Å². The lowest BCUT2D eigenvalue weighted by molar-refractivity contribution is 0.0840. The summed E-state index contributed by atoms with van der Waals surface area (Å²) in [4.78, 5) is 24.4. The minimum Gasteiger partial charge on any atom is -0.449 e. The predicted molar refractivity (Wildman–Crippen MR) is 111 cm³/mol. The molecule has 0 spiro atoms. The van der Waals surface area contributed by atoms with Crippen LogP contribution in [0.25, 0.3) is 22.3 Å². The van der Waals surface area contributed by atoms with Gasteiger partial charge in [0.05, 0.1) is 18.5 Å². The largest absolute Gasteiger partial charge is 0.449 e. The third-order valence-electron chi connectivity index (χ3n) is 6.05. The highest BCUT2D eigenvalue weighted by molar-refractivity contribution is 5.93. The van der Waals surface area contributed by atoms with Crippen molar-refractivity contribution in [1.29, 1.82) is 0 Å². The number of anilines is 1. The van der Waals surface area contributed by atoms with Gasteiger partial charge in [-0.05, 0) is 25.0 Å². The van der Waals surface area contributed by atoms with E-state index in [9.17, 15) is 4.79 Å². The second-order valence-electron chi connectivity index (χ2n) is 8.52. The molecule has 29 heavy (non-hydrogen) atoms. The Morgan fingerprint density at radius 3 is 2.76 bits per heavy atom. The third kappa shape index (κ3) is 3.54. The lowest BCUT2D eigenvalue weighted by Gasteiger charge is -2.35. The van der Waals surface area contributed by atoms with Gasteiger partial charge in [0.1, 0.15) is 5.65 Å². The van der Waals surface area contributed by atoms with E-state index in [1.807, 2.05) is 36.6 Å². The van der Waals surface area contributed by atoms with Gasteiger partial charge in [0.15, 0.2) is 0 Å². The van der Waals surface area contributed by atoms with E-state index in [-0.39, 0.29) is 11.5 Å². The monoisotopic (exact) mass is 394 g/mol. The number of hydrogen-bond donors (Lipinski definition) is 1. The number of pyridine rings is 1. The number of rotatable bonds is 4. The molecule has 152 valence electrons. The van der Waals surface area contributed by atoms with Crippen LogP contribution in [0.5, 0.6) is 0 Å². The summed E-state index contributed by atoms with van der Waals surface area (Å²) in [6, 6.07) is 4.18. The first-order valence-corrected chi connectivity index (χ1v) is 10.1. The van der Waals surface area contributed by atoms with Gasteiger partial charge < -0.3 is 19.5 Å². The van der Waals surface area contributed by atoms with Gasteiger partial charge in [-0.1, -0.05) is 6.92 Å². The number of nitrogens with zero attached hydrogens (tertiary/aromatic N) is 5. The molecule has 5 rings (SSSR count). The summed E-state index contributed by atoms with van der Waals surface area (Å²) in [5, 5.41) is 5.34. The molecule has 8 nitrogen and oxygen atoms in total. The Morgan fingerprint density at radius 2 is 2.07 bits per heavy atom. The van der Waals surface area contributed by atoms with Crippen molar-refractivity contribution in [2.24, 2.45) is 12.5 Å². The van der Waals surface area contributed by atoms with E-state index >= 15 is 0 Å². The number of carbonyl (C=O) groups excluding carboxylic acids is 1. The zero-order valence-electron chi connectivity index (χ0n) is 16.9. The molecule has 0 aromatic carbocycles. The average molecular weight is 394 g/mol. The summed E-state index contributed by atoms with van der Waals surface area (Å²) >= 11 is 0. The van der Waals surface area contributed by atoms with Crippen LogP contribution in [0.3, 0.4) is 0 Å². The van der Waals surface area contributed by atoms with Crippen LogP contribution in [-0.4, -0.2) is 63.5 Å². The van der Waals surface area contributed by atoms with Crippen LogP contribution in [0.4, 0.5) is 10.5 Å². The van der Waals surface area contributed by atoms with Crippen molar-refractivity contribution in [2.45, 2.75) is 19.8 Å². The van der Waals surface area contributed by atoms with E-state index in [1.54, 1.807) is 4.68 Å². The standard InChI is InChI=1S/C21H26N6O2/c1-21(4-5-21)14-29-20(28)27-9-7-26(8-10-27)18-3-6-22-19-16(18)11-17(24-19)15-12-23-25(2)13-15/h3,6,11-13H,4-5,7-10,14H2,1-2H3,(H,22,24). The van der Waals surface area contributed by atoms with Gasteiger partial charge in [-0.15, -0.1) is 0 Å². The number of aromatic amines is 1. The number of nitrogens with one attached hydrogen (secondary N) is 1. The zero-order valence-corrected chi connectivity index (χ0v) is 16.9. The molecule has 8 heteroatoms. The van der Waals surface area contributed by atoms with Crippen molar-refractivity contribution in [3.8, 4) is 11.3 Å². The summed E-state index contributed by atoms with van der Waals surface area (Å²) < 4.78 is 7.31. The molecule has 1 N–H and O–H groups in total. The van der Waals surface area contributed by atoms with Gasteiger partial charge in [0, 0.05) is 67.7 Å². The van der Waals surface area contributed by atoms with Gasteiger partial charge in [-0.3, -0.25) is 4.68 Å². The van der Waals surface area contributed by atoms with Crippen LogP contribution in [-0.2, 0) is 11.8 Å². The Kier molecular flexibility index (Phi) is 4.22. The summed E-state index contributed by atoms with van der Waals surface area (Å²) in [6.07, 6.45) is 7.79. The highest BCUT2D eigenvalue weighted by Gasteiger charge is 2.39. The molecule has 0 bridgehead atoms. The second kappa shape index (κ2) is 6.79. The molecule has 0 unspecified atom stereocenters. The molecule has 4 heterocycles. The number of carbonyl (C=O) groups is 1. The molecule has 1 saturated carbocycles. The van der Waals surface area contributed by atoms with Crippen molar-refractivity contribution in [3.05, 3.63) is 30.7 Å². The van der Waals surface area contributed by atoms with Gasteiger partial charge in [-0.2, -0.15) is 5.10 Å².